The SMILES string of the molecule is CCOC1[C@H]2C[C@H]1CN(C(=N)N)C2. The molecular formula is C9H17N3O. The van der Waals surface area contributed by atoms with E-state index in [1.54, 1.807) is 0 Å². The number of rotatable bonds is 2. The molecule has 13 heavy (non-hydrogen) atoms. The van der Waals surface area contributed by atoms with Crippen molar-refractivity contribution in [3.05, 3.63) is 0 Å². The molecule has 2 bridgehead atoms. The lowest BCUT2D eigenvalue weighted by Gasteiger charge is -2.53. The number of guanidine groups is 1. The van der Waals surface area contributed by atoms with Gasteiger partial charge in [-0.3, -0.25) is 5.41 Å². The Bertz CT molecular complexity index is 207. The molecule has 0 unspecified atom stereocenters. The minimum atomic E-state index is 0.213. The number of ether oxygens (including phenoxy) is 1. The molecule has 2 heterocycles. The Hall–Kier alpha value is -0.770. The molecule has 3 fully saturated rings. The predicted molar refractivity (Wildman–Crippen MR) is 50.5 cm³/mol. The van der Waals surface area contributed by atoms with Gasteiger partial charge in [0.2, 0.25) is 0 Å². The van der Waals surface area contributed by atoms with E-state index in [0.717, 1.165) is 19.7 Å². The maximum absolute atomic E-state index is 7.33. The van der Waals surface area contributed by atoms with Crippen molar-refractivity contribution >= 4 is 5.96 Å². The van der Waals surface area contributed by atoms with Gasteiger partial charge in [0.15, 0.2) is 5.96 Å². The maximum Gasteiger partial charge on any atom is 0.188 e. The van der Waals surface area contributed by atoms with Crippen LogP contribution in [0.15, 0.2) is 0 Å². The van der Waals surface area contributed by atoms with Crippen molar-refractivity contribution in [2.24, 2.45) is 17.6 Å². The van der Waals surface area contributed by atoms with Gasteiger partial charge in [-0.05, 0) is 13.3 Å². The average Bonchev–Trinajstić information content (AvgIpc) is 2.14. The highest BCUT2D eigenvalue weighted by Crippen LogP contribution is 2.41. The van der Waals surface area contributed by atoms with Crippen LogP contribution in [0, 0.1) is 17.2 Å². The number of nitrogens with zero attached hydrogens (tertiary/aromatic N) is 1. The van der Waals surface area contributed by atoms with Crippen LogP contribution in [0.2, 0.25) is 0 Å². The molecule has 1 saturated carbocycles. The van der Waals surface area contributed by atoms with Crippen LogP contribution >= 0.6 is 0 Å². The van der Waals surface area contributed by atoms with Crippen LogP contribution in [0.4, 0.5) is 0 Å². The van der Waals surface area contributed by atoms with Crippen LogP contribution in [-0.2, 0) is 4.74 Å². The van der Waals surface area contributed by atoms with Crippen LogP contribution in [0.5, 0.6) is 0 Å². The molecule has 0 aromatic carbocycles. The largest absolute Gasteiger partial charge is 0.378 e. The van der Waals surface area contributed by atoms with Gasteiger partial charge in [-0.25, -0.2) is 0 Å². The van der Waals surface area contributed by atoms with E-state index in [1.165, 1.54) is 6.42 Å². The number of piperidine rings is 2. The molecule has 4 heteroatoms. The molecule has 1 aliphatic carbocycles. The molecule has 3 N–H and O–H groups in total. The van der Waals surface area contributed by atoms with Crippen molar-refractivity contribution < 1.29 is 4.74 Å². The summed E-state index contributed by atoms with van der Waals surface area (Å²) in [6, 6.07) is 0. The number of fused-ring (bicyclic) bond motifs is 2. The van der Waals surface area contributed by atoms with Gasteiger partial charge in [0.1, 0.15) is 0 Å². The van der Waals surface area contributed by atoms with Crippen molar-refractivity contribution in [2.75, 3.05) is 19.7 Å². The van der Waals surface area contributed by atoms with Gasteiger partial charge >= 0.3 is 0 Å². The fourth-order valence-electron chi connectivity index (χ4n) is 2.51. The summed E-state index contributed by atoms with van der Waals surface area (Å²) >= 11 is 0. The van der Waals surface area contributed by atoms with Crippen molar-refractivity contribution in [1.82, 2.24) is 4.90 Å². The summed E-state index contributed by atoms with van der Waals surface area (Å²) in [5.74, 6) is 1.44. The van der Waals surface area contributed by atoms with E-state index < -0.39 is 0 Å². The topological polar surface area (TPSA) is 62.3 Å². The van der Waals surface area contributed by atoms with Crippen LogP contribution < -0.4 is 5.73 Å². The molecule has 0 amide bonds. The Morgan fingerprint density at radius 1 is 1.54 bits per heavy atom. The summed E-state index contributed by atoms with van der Waals surface area (Å²) in [5, 5.41) is 7.33. The number of hydrogen-bond acceptors (Lipinski definition) is 2. The monoisotopic (exact) mass is 183 g/mol. The normalized spacial score (nSPS) is 37.0. The summed E-state index contributed by atoms with van der Waals surface area (Å²) in [4.78, 5) is 1.95. The Labute approximate surface area is 78.5 Å². The van der Waals surface area contributed by atoms with E-state index in [1.807, 2.05) is 11.8 Å². The molecule has 3 aliphatic rings. The highest BCUT2D eigenvalue weighted by molar-refractivity contribution is 5.74. The first-order valence-corrected chi connectivity index (χ1v) is 4.93. The smallest absolute Gasteiger partial charge is 0.188 e. The fraction of sp³-hybridized carbons (Fsp3) is 0.889. The van der Waals surface area contributed by atoms with E-state index in [2.05, 4.69) is 0 Å². The third-order valence-electron chi connectivity index (χ3n) is 3.14. The molecule has 2 atom stereocenters. The summed E-state index contributed by atoms with van der Waals surface area (Å²) in [5.41, 5.74) is 5.44. The fourth-order valence-corrected chi connectivity index (χ4v) is 2.51. The molecule has 4 nitrogen and oxygen atoms in total. The Morgan fingerprint density at radius 3 is 2.62 bits per heavy atom. The highest BCUT2D eigenvalue weighted by atomic mass is 16.5. The zero-order chi connectivity index (χ0) is 9.42. The maximum atomic E-state index is 7.33. The Morgan fingerprint density at radius 2 is 2.15 bits per heavy atom. The van der Waals surface area contributed by atoms with Gasteiger partial charge in [0.25, 0.3) is 0 Å². The van der Waals surface area contributed by atoms with Crippen LogP contribution in [0.25, 0.3) is 0 Å². The zero-order valence-corrected chi connectivity index (χ0v) is 7.99. The van der Waals surface area contributed by atoms with E-state index in [-0.39, 0.29) is 5.96 Å². The lowest BCUT2D eigenvalue weighted by atomic mass is 9.68. The van der Waals surface area contributed by atoms with E-state index in [9.17, 15) is 0 Å². The lowest BCUT2D eigenvalue weighted by molar-refractivity contribution is -0.128. The third-order valence-corrected chi connectivity index (χ3v) is 3.14. The molecular weight excluding hydrogens is 166 g/mol. The second kappa shape index (κ2) is 3.18. The van der Waals surface area contributed by atoms with Crippen molar-refractivity contribution in [3.63, 3.8) is 0 Å². The molecule has 74 valence electrons. The molecule has 2 aliphatic heterocycles. The van der Waals surface area contributed by atoms with E-state index in [0.29, 0.717) is 17.9 Å². The average molecular weight is 183 g/mol. The van der Waals surface area contributed by atoms with Crippen molar-refractivity contribution in [2.45, 2.75) is 19.4 Å². The summed E-state index contributed by atoms with van der Waals surface area (Å²) in [6.45, 7) is 4.67. The molecule has 3 rings (SSSR count). The second-order valence-electron chi connectivity index (χ2n) is 3.97. The number of nitrogens with one attached hydrogen (secondary N) is 1. The molecule has 0 aromatic heterocycles. The first-order chi connectivity index (χ1) is 6.22. The summed E-state index contributed by atoms with van der Waals surface area (Å²) < 4.78 is 5.63. The number of nitrogens with two attached hydrogens (primary N) is 1. The minimum Gasteiger partial charge on any atom is -0.378 e. The zero-order valence-electron chi connectivity index (χ0n) is 7.99. The first kappa shape index (κ1) is 8.81. The van der Waals surface area contributed by atoms with Gasteiger partial charge in [0, 0.05) is 31.5 Å². The van der Waals surface area contributed by atoms with Gasteiger partial charge in [-0.2, -0.15) is 0 Å². The Balaban J connectivity index is 1.90. The second-order valence-corrected chi connectivity index (χ2v) is 3.97. The Kier molecular flexibility index (Phi) is 2.15. The molecule has 0 radical (unpaired) electrons. The summed E-state index contributed by atoms with van der Waals surface area (Å²) in [6.07, 6.45) is 1.70. The van der Waals surface area contributed by atoms with Crippen molar-refractivity contribution in [1.29, 1.82) is 5.41 Å². The van der Waals surface area contributed by atoms with Gasteiger partial charge in [0.05, 0.1) is 6.10 Å². The van der Waals surface area contributed by atoms with Crippen LogP contribution in [0.3, 0.4) is 0 Å². The minimum absolute atomic E-state index is 0.213. The van der Waals surface area contributed by atoms with E-state index >= 15 is 0 Å². The lowest BCUT2D eigenvalue weighted by Crippen LogP contribution is -2.61. The van der Waals surface area contributed by atoms with Gasteiger partial charge < -0.3 is 15.4 Å². The quantitative estimate of drug-likeness (QED) is 0.476. The number of hydrogen-bond donors (Lipinski definition) is 2. The highest BCUT2D eigenvalue weighted by Gasteiger charge is 2.47. The molecule has 0 spiro atoms. The predicted octanol–water partition coefficient (Wildman–Crippen LogP) is 0.237. The first-order valence-electron chi connectivity index (χ1n) is 4.93. The van der Waals surface area contributed by atoms with Gasteiger partial charge in [-0.15, -0.1) is 0 Å². The third kappa shape index (κ3) is 1.39. The molecule has 2 saturated heterocycles. The van der Waals surface area contributed by atoms with Crippen molar-refractivity contribution in [3.8, 4) is 0 Å². The van der Waals surface area contributed by atoms with Gasteiger partial charge in [-0.1, -0.05) is 0 Å². The van der Waals surface area contributed by atoms with Crippen LogP contribution in [-0.4, -0.2) is 36.7 Å². The standard InChI is InChI=1S/C9H17N3O/c1-2-13-8-6-3-7(8)5-12(4-6)9(10)11/h6-8H,2-5H2,1H3,(H3,10,11)/t6-,7-/m0/s1. The summed E-state index contributed by atoms with van der Waals surface area (Å²) in [7, 11) is 0. The van der Waals surface area contributed by atoms with E-state index in [4.69, 9.17) is 15.9 Å². The molecule has 0 aromatic rings. The van der Waals surface area contributed by atoms with Crippen LogP contribution in [0.1, 0.15) is 13.3 Å².